The zero-order chi connectivity index (χ0) is 11.0. The van der Waals surface area contributed by atoms with Crippen molar-refractivity contribution in [1.82, 2.24) is 5.32 Å². The molecule has 78 valence electrons. The molecule has 0 saturated carbocycles. The van der Waals surface area contributed by atoms with Gasteiger partial charge in [-0.25, -0.2) is 0 Å². The molecule has 0 aliphatic carbocycles. The van der Waals surface area contributed by atoms with Crippen LogP contribution in [-0.4, -0.2) is 18.4 Å². The molecule has 2 amide bonds. The molecule has 0 aromatic heterocycles. The van der Waals surface area contributed by atoms with E-state index >= 15 is 0 Å². The minimum absolute atomic E-state index is 0.0680. The lowest BCUT2D eigenvalue weighted by atomic mass is 10.1. The monoisotopic (exact) mass is 244 g/mol. The van der Waals surface area contributed by atoms with Crippen LogP contribution in [0.15, 0.2) is 12.1 Å². The number of rotatable bonds is 0. The molecule has 0 spiro atoms. The highest BCUT2D eigenvalue weighted by molar-refractivity contribution is 6.38. The number of fused-ring (bicyclic) bond motifs is 1. The van der Waals surface area contributed by atoms with Crippen molar-refractivity contribution in [2.45, 2.75) is 0 Å². The fourth-order valence-corrected chi connectivity index (χ4v) is 1.86. The molecular formula is C9H6Cl2N2O2. The van der Waals surface area contributed by atoms with E-state index in [1.54, 1.807) is 0 Å². The van der Waals surface area contributed by atoms with E-state index < -0.39 is 0 Å². The molecule has 1 aliphatic heterocycles. The molecule has 2 N–H and O–H groups in total. The molecular weight excluding hydrogens is 239 g/mol. The van der Waals surface area contributed by atoms with Crippen LogP contribution in [0.4, 0.5) is 5.69 Å². The Morgan fingerprint density at radius 3 is 2.67 bits per heavy atom. The molecule has 0 atom stereocenters. The van der Waals surface area contributed by atoms with E-state index in [1.807, 2.05) is 0 Å². The summed E-state index contributed by atoms with van der Waals surface area (Å²) < 4.78 is 0. The predicted molar refractivity (Wildman–Crippen MR) is 57.4 cm³/mol. The van der Waals surface area contributed by atoms with Crippen molar-refractivity contribution in [3.63, 3.8) is 0 Å². The van der Waals surface area contributed by atoms with Crippen molar-refractivity contribution in [2.75, 3.05) is 11.9 Å². The van der Waals surface area contributed by atoms with E-state index in [1.165, 1.54) is 12.1 Å². The van der Waals surface area contributed by atoms with Gasteiger partial charge in [0, 0.05) is 5.02 Å². The van der Waals surface area contributed by atoms with Crippen molar-refractivity contribution in [1.29, 1.82) is 0 Å². The Labute approximate surface area is 95.5 Å². The highest BCUT2D eigenvalue weighted by Crippen LogP contribution is 2.30. The molecule has 1 aliphatic rings. The van der Waals surface area contributed by atoms with Gasteiger partial charge < -0.3 is 10.6 Å². The van der Waals surface area contributed by atoms with Gasteiger partial charge in [-0.1, -0.05) is 23.2 Å². The molecule has 15 heavy (non-hydrogen) atoms. The first-order chi connectivity index (χ1) is 7.08. The number of carbonyl (C=O) groups is 2. The van der Waals surface area contributed by atoms with Crippen LogP contribution in [0.2, 0.25) is 10.0 Å². The Kier molecular flexibility index (Phi) is 2.54. The zero-order valence-electron chi connectivity index (χ0n) is 7.43. The number of hydrogen-bond acceptors (Lipinski definition) is 2. The quantitative estimate of drug-likeness (QED) is 0.730. The molecule has 0 saturated heterocycles. The average Bonchev–Trinajstić information content (AvgIpc) is 2.30. The standard InChI is InChI=1S/C9H6Cl2N2O2/c10-4-1-5-8(6(11)2-4)13-7(14)3-12-9(5)15/h1-2H,3H2,(H,12,15)(H,13,14). The summed E-state index contributed by atoms with van der Waals surface area (Å²) in [6.07, 6.45) is 0. The second kappa shape index (κ2) is 3.72. The summed E-state index contributed by atoms with van der Waals surface area (Å²) in [7, 11) is 0. The van der Waals surface area contributed by atoms with Gasteiger partial charge in [-0.15, -0.1) is 0 Å². The van der Waals surface area contributed by atoms with Crippen molar-refractivity contribution >= 4 is 40.7 Å². The van der Waals surface area contributed by atoms with E-state index in [0.717, 1.165) is 0 Å². The maximum absolute atomic E-state index is 11.5. The lowest BCUT2D eigenvalue weighted by Crippen LogP contribution is -2.28. The fraction of sp³-hybridized carbons (Fsp3) is 0.111. The van der Waals surface area contributed by atoms with Crippen LogP contribution < -0.4 is 10.6 Å². The third kappa shape index (κ3) is 1.91. The van der Waals surface area contributed by atoms with Crippen molar-refractivity contribution in [3.8, 4) is 0 Å². The van der Waals surface area contributed by atoms with Gasteiger partial charge in [0.15, 0.2) is 0 Å². The topological polar surface area (TPSA) is 58.2 Å². The summed E-state index contributed by atoms with van der Waals surface area (Å²) in [6, 6.07) is 2.94. The summed E-state index contributed by atoms with van der Waals surface area (Å²) in [5.74, 6) is -0.681. The molecule has 4 nitrogen and oxygen atoms in total. The minimum Gasteiger partial charge on any atom is -0.343 e. The summed E-state index contributed by atoms with van der Waals surface area (Å²) in [5, 5.41) is 5.58. The number of anilines is 1. The van der Waals surface area contributed by atoms with E-state index in [9.17, 15) is 9.59 Å². The normalized spacial score (nSPS) is 15.1. The van der Waals surface area contributed by atoms with E-state index in [2.05, 4.69) is 10.6 Å². The first kappa shape index (κ1) is 10.3. The van der Waals surface area contributed by atoms with Gasteiger partial charge >= 0.3 is 0 Å². The number of halogens is 2. The summed E-state index contributed by atoms with van der Waals surface area (Å²) in [4.78, 5) is 22.7. The predicted octanol–water partition coefficient (Wildman–Crippen LogP) is 1.68. The Morgan fingerprint density at radius 1 is 1.20 bits per heavy atom. The van der Waals surface area contributed by atoms with Crippen molar-refractivity contribution in [2.24, 2.45) is 0 Å². The van der Waals surface area contributed by atoms with E-state index in [4.69, 9.17) is 23.2 Å². The van der Waals surface area contributed by atoms with Crippen molar-refractivity contribution < 1.29 is 9.59 Å². The van der Waals surface area contributed by atoms with Crippen LogP contribution in [0.5, 0.6) is 0 Å². The lowest BCUT2D eigenvalue weighted by Gasteiger charge is -2.07. The molecule has 0 fully saturated rings. The molecule has 6 heteroatoms. The van der Waals surface area contributed by atoms with Crippen LogP contribution in [0.1, 0.15) is 10.4 Å². The first-order valence-corrected chi connectivity index (χ1v) is 4.90. The molecule has 2 rings (SSSR count). The van der Waals surface area contributed by atoms with E-state index in [0.29, 0.717) is 10.7 Å². The lowest BCUT2D eigenvalue weighted by molar-refractivity contribution is -0.115. The third-order valence-electron chi connectivity index (χ3n) is 1.97. The second-order valence-corrected chi connectivity index (χ2v) is 3.88. The Bertz CT molecular complexity index is 460. The smallest absolute Gasteiger partial charge is 0.253 e. The molecule has 0 bridgehead atoms. The number of benzene rings is 1. The maximum atomic E-state index is 11.5. The number of nitrogens with one attached hydrogen (secondary N) is 2. The Hall–Kier alpha value is -1.26. The van der Waals surface area contributed by atoms with Crippen LogP contribution in [-0.2, 0) is 4.79 Å². The third-order valence-corrected chi connectivity index (χ3v) is 2.49. The maximum Gasteiger partial charge on any atom is 0.253 e. The van der Waals surface area contributed by atoms with Gasteiger partial charge in [0.25, 0.3) is 5.91 Å². The summed E-state index contributed by atoms with van der Waals surface area (Å²) in [5.41, 5.74) is 0.583. The molecule has 1 heterocycles. The highest BCUT2D eigenvalue weighted by Gasteiger charge is 2.21. The van der Waals surface area contributed by atoms with Gasteiger partial charge in [0.2, 0.25) is 5.91 Å². The van der Waals surface area contributed by atoms with Crippen LogP contribution in [0.3, 0.4) is 0 Å². The molecule has 1 aromatic rings. The second-order valence-electron chi connectivity index (χ2n) is 3.04. The summed E-state index contributed by atoms with van der Waals surface area (Å²) in [6.45, 7) is -0.0680. The Morgan fingerprint density at radius 2 is 1.93 bits per heavy atom. The zero-order valence-corrected chi connectivity index (χ0v) is 8.95. The largest absolute Gasteiger partial charge is 0.343 e. The number of amides is 2. The first-order valence-electron chi connectivity index (χ1n) is 4.15. The van der Waals surface area contributed by atoms with Gasteiger partial charge in [-0.05, 0) is 12.1 Å². The van der Waals surface area contributed by atoms with Crippen LogP contribution in [0.25, 0.3) is 0 Å². The van der Waals surface area contributed by atoms with Crippen LogP contribution in [0, 0.1) is 0 Å². The van der Waals surface area contributed by atoms with Gasteiger partial charge in [-0.2, -0.15) is 0 Å². The molecule has 0 unspecified atom stereocenters. The van der Waals surface area contributed by atoms with Gasteiger partial charge in [0.05, 0.1) is 22.8 Å². The summed E-state index contributed by atoms with van der Waals surface area (Å²) >= 11 is 11.6. The van der Waals surface area contributed by atoms with Gasteiger partial charge in [-0.3, -0.25) is 9.59 Å². The van der Waals surface area contributed by atoms with Crippen molar-refractivity contribution in [3.05, 3.63) is 27.7 Å². The average molecular weight is 245 g/mol. The Balaban J connectivity index is 2.61. The minimum atomic E-state index is -0.368. The SMILES string of the molecule is O=C1CNC(=O)c2cc(Cl)cc(Cl)c2N1. The molecule has 0 radical (unpaired) electrons. The van der Waals surface area contributed by atoms with E-state index in [-0.39, 0.29) is 28.9 Å². The van der Waals surface area contributed by atoms with Gasteiger partial charge in [0.1, 0.15) is 0 Å². The van der Waals surface area contributed by atoms with Crippen LogP contribution >= 0.6 is 23.2 Å². The highest BCUT2D eigenvalue weighted by atomic mass is 35.5. The number of hydrogen-bond donors (Lipinski definition) is 2. The fourth-order valence-electron chi connectivity index (χ4n) is 1.32. The molecule has 1 aromatic carbocycles. The number of carbonyl (C=O) groups excluding carboxylic acids is 2.